The molecule has 1 saturated carbocycles. The van der Waals surface area contributed by atoms with Crippen molar-refractivity contribution < 1.29 is 9.47 Å². The summed E-state index contributed by atoms with van der Waals surface area (Å²) in [6.45, 7) is 8.64. The van der Waals surface area contributed by atoms with Crippen molar-refractivity contribution in [1.82, 2.24) is 4.90 Å². The highest BCUT2D eigenvalue weighted by Gasteiger charge is 2.54. The summed E-state index contributed by atoms with van der Waals surface area (Å²) in [5.41, 5.74) is 6.48. The van der Waals surface area contributed by atoms with Crippen molar-refractivity contribution in [3.05, 3.63) is 0 Å². The molecule has 1 aliphatic carbocycles. The van der Waals surface area contributed by atoms with Crippen LogP contribution in [0.4, 0.5) is 0 Å². The topological polar surface area (TPSA) is 47.7 Å². The van der Waals surface area contributed by atoms with E-state index >= 15 is 0 Å². The van der Waals surface area contributed by atoms with E-state index in [1.807, 2.05) is 0 Å². The molecule has 0 radical (unpaired) electrons. The van der Waals surface area contributed by atoms with Gasteiger partial charge in [0.15, 0.2) is 0 Å². The summed E-state index contributed by atoms with van der Waals surface area (Å²) in [5.74, 6) is 0. The van der Waals surface area contributed by atoms with Crippen molar-refractivity contribution in [3.63, 3.8) is 0 Å². The zero-order chi connectivity index (χ0) is 12.9. The molecule has 1 unspecified atom stereocenters. The summed E-state index contributed by atoms with van der Waals surface area (Å²) in [5, 5.41) is 0. The first-order valence-corrected chi connectivity index (χ1v) is 6.47. The van der Waals surface area contributed by atoms with Crippen LogP contribution in [0.2, 0.25) is 0 Å². The van der Waals surface area contributed by atoms with E-state index in [2.05, 4.69) is 18.7 Å². The minimum Gasteiger partial charge on any atom is -0.383 e. The number of hydrogen-bond donors (Lipinski definition) is 1. The van der Waals surface area contributed by atoms with Gasteiger partial charge in [-0.1, -0.05) is 6.92 Å². The quantitative estimate of drug-likeness (QED) is 0.660. The monoisotopic (exact) mass is 244 g/mol. The Kier molecular flexibility index (Phi) is 5.38. The fourth-order valence-electron chi connectivity index (χ4n) is 2.49. The second kappa shape index (κ2) is 6.14. The summed E-state index contributed by atoms with van der Waals surface area (Å²) in [4.78, 5) is 2.44. The molecule has 0 aromatic heterocycles. The van der Waals surface area contributed by atoms with Crippen LogP contribution >= 0.6 is 0 Å². The van der Waals surface area contributed by atoms with Crippen LogP contribution in [0.1, 0.15) is 26.7 Å². The van der Waals surface area contributed by atoms with Crippen LogP contribution in [0.3, 0.4) is 0 Å². The van der Waals surface area contributed by atoms with E-state index < -0.39 is 0 Å². The third kappa shape index (κ3) is 3.19. The lowest BCUT2D eigenvalue weighted by molar-refractivity contribution is 0.00839. The number of methoxy groups -OCH3 is 2. The first kappa shape index (κ1) is 14.9. The molecule has 1 rings (SSSR count). The van der Waals surface area contributed by atoms with Crippen LogP contribution in [-0.4, -0.2) is 57.5 Å². The maximum Gasteiger partial charge on any atom is 0.0589 e. The van der Waals surface area contributed by atoms with Gasteiger partial charge in [0.25, 0.3) is 0 Å². The molecule has 1 atom stereocenters. The van der Waals surface area contributed by atoms with E-state index in [4.69, 9.17) is 15.2 Å². The van der Waals surface area contributed by atoms with E-state index in [1.54, 1.807) is 14.2 Å². The molecule has 4 heteroatoms. The summed E-state index contributed by atoms with van der Waals surface area (Å²) < 4.78 is 10.4. The fraction of sp³-hybridized carbons (Fsp3) is 1.00. The first-order valence-electron chi connectivity index (χ1n) is 6.47. The summed E-state index contributed by atoms with van der Waals surface area (Å²) in [6.07, 6.45) is 2.55. The van der Waals surface area contributed by atoms with Crippen molar-refractivity contribution in [2.45, 2.75) is 32.2 Å². The van der Waals surface area contributed by atoms with Crippen LogP contribution < -0.4 is 5.73 Å². The molecule has 102 valence electrons. The third-order valence-electron chi connectivity index (χ3n) is 4.53. The molecule has 2 N–H and O–H groups in total. The number of nitrogens with zero attached hydrogens (tertiary/aromatic N) is 1. The average molecular weight is 244 g/mol. The van der Waals surface area contributed by atoms with Gasteiger partial charge in [-0.3, -0.25) is 4.90 Å². The lowest BCUT2D eigenvalue weighted by Gasteiger charge is -2.45. The third-order valence-corrected chi connectivity index (χ3v) is 4.53. The molecule has 0 bridgehead atoms. The molecule has 4 nitrogen and oxygen atoms in total. The molecule has 17 heavy (non-hydrogen) atoms. The maximum absolute atomic E-state index is 6.05. The van der Waals surface area contributed by atoms with Crippen LogP contribution in [0.5, 0.6) is 0 Å². The molecule has 0 aromatic rings. The zero-order valence-electron chi connectivity index (χ0n) is 11.8. The van der Waals surface area contributed by atoms with E-state index in [0.717, 1.165) is 26.3 Å². The van der Waals surface area contributed by atoms with Crippen LogP contribution in [-0.2, 0) is 9.47 Å². The van der Waals surface area contributed by atoms with Gasteiger partial charge >= 0.3 is 0 Å². The molecular weight excluding hydrogens is 216 g/mol. The predicted octanol–water partition coefficient (Wildman–Crippen LogP) is 1.10. The van der Waals surface area contributed by atoms with Gasteiger partial charge in [-0.25, -0.2) is 0 Å². The van der Waals surface area contributed by atoms with Gasteiger partial charge < -0.3 is 15.2 Å². The van der Waals surface area contributed by atoms with Crippen LogP contribution in [0.15, 0.2) is 0 Å². The Hall–Kier alpha value is -0.160. The standard InChI is InChI=1S/C13H28N2O2/c1-12(5-6-12)13(2,11-14)15(7-9-16-3)8-10-17-4/h5-11,14H2,1-4H3. The Bertz CT molecular complexity index is 223. The average Bonchev–Trinajstić information content (AvgIpc) is 3.08. The number of rotatable bonds is 9. The van der Waals surface area contributed by atoms with Gasteiger partial charge in [0.05, 0.1) is 13.2 Å². The second-order valence-corrected chi connectivity index (χ2v) is 5.51. The highest BCUT2D eigenvalue weighted by atomic mass is 16.5. The Morgan fingerprint density at radius 3 is 1.94 bits per heavy atom. The molecular formula is C13H28N2O2. The lowest BCUT2D eigenvalue weighted by atomic mass is 9.82. The molecule has 0 heterocycles. The van der Waals surface area contributed by atoms with E-state index in [1.165, 1.54) is 12.8 Å². The molecule has 0 aliphatic heterocycles. The van der Waals surface area contributed by atoms with Gasteiger partial charge in [-0.15, -0.1) is 0 Å². The van der Waals surface area contributed by atoms with E-state index in [-0.39, 0.29) is 5.54 Å². The minimum atomic E-state index is 0.0596. The van der Waals surface area contributed by atoms with Crippen molar-refractivity contribution in [3.8, 4) is 0 Å². The summed E-state index contributed by atoms with van der Waals surface area (Å²) in [7, 11) is 3.49. The normalized spacial score (nSPS) is 21.5. The summed E-state index contributed by atoms with van der Waals surface area (Å²) >= 11 is 0. The highest BCUT2D eigenvalue weighted by molar-refractivity contribution is 5.09. The maximum atomic E-state index is 6.05. The van der Waals surface area contributed by atoms with Crippen molar-refractivity contribution in [2.24, 2.45) is 11.1 Å². The van der Waals surface area contributed by atoms with Crippen LogP contribution in [0, 0.1) is 5.41 Å². The van der Waals surface area contributed by atoms with Crippen LogP contribution in [0.25, 0.3) is 0 Å². The molecule has 0 amide bonds. The summed E-state index contributed by atoms with van der Waals surface area (Å²) in [6, 6.07) is 0. The number of ether oxygens (including phenoxy) is 2. The molecule has 0 spiro atoms. The Morgan fingerprint density at radius 1 is 1.18 bits per heavy atom. The number of nitrogens with two attached hydrogens (primary N) is 1. The van der Waals surface area contributed by atoms with Crippen molar-refractivity contribution >= 4 is 0 Å². The van der Waals surface area contributed by atoms with E-state index in [0.29, 0.717) is 12.0 Å². The first-order chi connectivity index (χ1) is 8.04. The van der Waals surface area contributed by atoms with E-state index in [9.17, 15) is 0 Å². The SMILES string of the molecule is COCCN(CCOC)C(C)(CN)C1(C)CC1. The van der Waals surface area contributed by atoms with Gasteiger partial charge in [0.2, 0.25) is 0 Å². The molecule has 0 saturated heterocycles. The van der Waals surface area contributed by atoms with Gasteiger partial charge in [0, 0.05) is 39.4 Å². The Morgan fingerprint density at radius 2 is 1.65 bits per heavy atom. The van der Waals surface area contributed by atoms with Crippen molar-refractivity contribution in [1.29, 1.82) is 0 Å². The lowest BCUT2D eigenvalue weighted by Crippen LogP contribution is -2.58. The smallest absolute Gasteiger partial charge is 0.0589 e. The highest BCUT2D eigenvalue weighted by Crippen LogP contribution is 2.55. The zero-order valence-corrected chi connectivity index (χ0v) is 11.8. The predicted molar refractivity (Wildman–Crippen MR) is 70.1 cm³/mol. The molecule has 0 aromatic carbocycles. The van der Waals surface area contributed by atoms with Gasteiger partial charge in [0.1, 0.15) is 0 Å². The molecule has 1 aliphatic rings. The van der Waals surface area contributed by atoms with Gasteiger partial charge in [-0.2, -0.15) is 0 Å². The largest absolute Gasteiger partial charge is 0.383 e. The minimum absolute atomic E-state index is 0.0596. The van der Waals surface area contributed by atoms with Gasteiger partial charge in [-0.05, 0) is 25.2 Å². The molecule has 1 fully saturated rings. The number of hydrogen-bond acceptors (Lipinski definition) is 4. The Labute approximate surface area is 105 Å². The Balaban J connectivity index is 2.70. The second-order valence-electron chi connectivity index (χ2n) is 5.51. The van der Waals surface area contributed by atoms with Crippen molar-refractivity contribution in [2.75, 3.05) is 47.1 Å². The fourth-order valence-corrected chi connectivity index (χ4v) is 2.49.